The van der Waals surface area contributed by atoms with Crippen molar-refractivity contribution in [3.8, 4) is 62.1 Å². The second-order valence-electron chi connectivity index (χ2n) is 17.8. The van der Waals surface area contributed by atoms with Gasteiger partial charge in [0.1, 0.15) is 0 Å². The van der Waals surface area contributed by atoms with Crippen molar-refractivity contribution in [2.24, 2.45) is 0 Å². The molecule has 0 amide bonds. The molecular formula is C64H41N5. The van der Waals surface area contributed by atoms with Gasteiger partial charge in [0.25, 0.3) is 0 Å². The van der Waals surface area contributed by atoms with Crippen molar-refractivity contribution in [3.63, 3.8) is 0 Å². The van der Waals surface area contributed by atoms with Crippen LogP contribution in [0.4, 0.5) is 0 Å². The lowest BCUT2D eigenvalue weighted by atomic mass is 10.0. The Balaban J connectivity index is 0.891. The number of hydrogen-bond donors (Lipinski definition) is 0. The lowest BCUT2D eigenvalue weighted by molar-refractivity contribution is 1.16. The third-order valence-corrected chi connectivity index (χ3v) is 13.9. The van der Waals surface area contributed by atoms with Crippen molar-refractivity contribution < 1.29 is 0 Å². The molecule has 69 heavy (non-hydrogen) atoms. The van der Waals surface area contributed by atoms with E-state index in [0.717, 1.165) is 67.3 Å². The fourth-order valence-corrected chi connectivity index (χ4v) is 10.7. The van der Waals surface area contributed by atoms with E-state index in [4.69, 9.17) is 9.97 Å². The van der Waals surface area contributed by atoms with Crippen LogP contribution in [0, 0.1) is 0 Å². The quantitative estimate of drug-likeness (QED) is 0.160. The molecule has 0 saturated carbocycles. The summed E-state index contributed by atoms with van der Waals surface area (Å²) in [5, 5.41) is 7.40. The highest BCUT2D eigenvalue weighted by Gasteiger charge is 2.19. The molecule has 5 heteroatoms. The highest BCUT2D eigenvalue weighted by Crippen LogP contribution is 2.40. The fourth-order valence-electron chi connectivity index (χ4n) is 10.7. The maximum absolute atomic E-state index is 5.07. The number of rotatable bonds is 7. The summed E-state index contributed by atoms with van der Waals surface area (Å²) in [5.74, 6) is 0.711. The molecule has 0 aliphatic heterocycles. The Bertz CT molecular complexity index is 3940. The van der Waals surface area contributed by atoms with Crippen molar-refractivity contribution in [1.82, 2.24) is 23.7 Å². The van der Waals surface area contributed by atoms with Crippen molar-refractivity contribution in [2.45, 2.75) is 0 Å². The third-order valence-electron chi connectivity index (χ3n) is 13.9. The highest BCUT2D eigenvalue weighted by molar-refractivity contribution is 6.14. The summed E-state index contributed by atoms with van der Waals surface area (Å²) in [6, 6.07) is 89.3. The van der Waals surface area contributed by atoms with Gasteiger partial charge in [0.2, 0.25) is 0 Å². The van der Waals surface area contributed by atoms with Gasteiger partial charge in [-0.2, -0.15) is 0 Å². The zero-order valence-corrected chi connectivity index (χ0v) is 37.4. The molecule has 14 aromatic rings. The molecule has 322 valence electrons. The molecule has 10 aromatic carbocycles. The van der Waals surface area contributed by atoms with Crippen molar-refractivity contribution in [3.05, 3.63) is 249 Å². The second kappa shape index (κ2) is 15.7. The first-order chi connectivity index (χ1) is 34.2. The molecule has 0 bridgehead atoms. The van der Waals surface area contributed by atoms with E-state index in [9.17, 15) is 0 Å². The maximum atomic E-state index is 5.07. The summed E-state index contributed by atoms with van der Waals surface area (Å²) in [5.41, 5.74) is 17.6. The molecular weight excluding hydrogens is 839 g/mol. The summed E-state index contributed by atoms with van der Waals surface area (Å²) in [6.07, 6.45) is 0. The Morgan fingerprint density at radius 1 is 0.217 bits per heavy atom. The van der Waals surface area contributed by atoms with Crippen molar-refractivity contribution in [2.75, 3.05) is 0 Å². The van der Waals surface area contributed by atoms with E-state index in [1.165, 1.54) is 54.4 Å². The van der Waals surface area contributed by atoms with E-state index in [1.54, 1.807) is 0 Å². The Hall–Kier alpha value is -9.32. The first kappa shape index (κ1) is 38.9. The van der Waals surface area contributed by atoms with Gasteiger partial charge in [0, 0.05) is 66.1 Å². The first-order valence-corrected chi connectivity index (χ1v) is 23.5. The number of nitrogens with zero attached hydrogens (tertiary/aromatic N) is 5. The van der Waals surface area contributed by atoms with E-state index in [0.29, 0.717) is 5.82 Å². The predicted molar refractivity (Wildman–Crippen MR) is 287 cm³/mol. The minimum Gasteiger partial charge on any atom is -0.309 e. The SMILES string of the molecule is c1ccc(-c2cc(-c3ccc(-c4ccc(-n5c6ccc(-n7c8ccccc8c8ccccc87)cc6c6cc(-n7c8ccccc8c8ccccc87)ccc65)cc4)cc3)nc(-c3ccccc3)n2)cc1. The van der Waals surface area contributed by atoms with E-state index < -0.39 is 0 Å². The molecule has 0 N–H and O–H groups in total. The lowest BCUT2D eigenvalue weighted by Crippen LogP contribution is -1.96. The van der Waals surface area contributed by atoms with Gasteiger partial charge in [-0.05, 0) is 90.0 Å². The van der Waals surface area contributed by atoms with Crippen LogP contribution in [0.5, 0.6) is 0 Å². The summed E-state index contributed by atoms with van der Waals surface area (Å²) in [6.45, 7) is 0. The number of fused-ring (bicyclic) bond motifs is 9. The van der Waals surface area contributed by atoms with Gasteiger partial charge in [0.05, 0.1) is 44.5 Å². The van der Waals surface area contributed by atoms with E-state index >= 15 is 0 Å². The second-order valence-corrected chi connectivity index (χ2v) is 17.8. The molecule has 0 atom stereocenters. The van der Waals surface area contributed by atoms with E-state index in [1.807, 2.05) is 36.4 Å². The van der Waals surface area contributed by atoms with Crippen LogP contribution in [-0.2, 0) is 0 Å². The summed E-state index contributed by atoms with van der Waals surface area (Å²) < 4.78 is 7.26. The molecule has 0 spiro atoms. The zero-order valence-electron chi connectivity index (χ0n) is 37.4. The standard InChI is InChI=1S/C64H41N5/c1-3-15-44(16-4-1)56-41-57(66-64(65-56)46-17-5-2-6-18-46)45-29-27-42(28-30-45)43-31-33-47(34-32-43)67-62-37-35-48(68-58-23-11-7-19-50(58)51-20-8-12-24-59(51)68)39-54(62)55-40-49(36-38-63(55)67)69-60-25-13-9-21-52(60)53-22-10-14-26-61(53)69/h1-41H. The van der Waals surface area contributed by atoms with Crippen LogP contribution < -0.4 is 0 Å². The van der Waals surface area contributed by atoms with E-state index in [2.05, 4.69) is 226 Å². The van der Waals surface area contributed by atoms with Gasteiger partial charge in [-0.3, -0.25) is 0 Å². The largest absolute Gasteiger partial charge is 0.309 e. The molecule has 0 saturated heterocycles. The summed E-state index contributed by atoms with van der Waals surface area (Å²) in [4.78, 5) is 10.1. The molecule has 5 nitrogen and oxygen atoms in total. The van der Waals surface area contributed by atoms with Crippen LogP contribution in [0.2, 0.25) is 0 Å². The molecule has 0 unspecified atom stereocenters. The van der Waals surface area contributed by atoms with Gasteiger partial charge < -0.3 is 13.7 Å². The normalized spacial score (nSPS) is 11.8. The Kier molecular flexibility index (Phi) is 8.83. The molecule has 4 aromatic heterocycles. The Labute approximate surface area is 398 Å². The minimum absolute atomic E-state index is 0.711. The smallest absolute Gasteiger partial charge is 0.160 e. The molecule has 0 aliphatic carbocycles. The van der Waals surface area contributed by atoms with Gasteiger partial charge >= 0.3 is 0 Å². The molecule has 0 aliphatic rings. The number of aromatic nitrogens is 5. The van der Waals surface area contributed by atoms with Crippen LogP contribution in [-0.4, -0.2) is 23.7 Å². The Morgan fingerprint density at radius 3 is 0.986 bits per heavy atom. The predicted octanol–water partition coefficient (Wildman–Crippen LogP) is 16.4. The van der Waals surface area contributed by atoms with Crippen molar-refractivity contribution >= 4 is 65.4 Å². The van der Waals surface area contributed by atoms with Crippen LogP contribution in [0.1, 0.15) is 0 Å². The molecule has 4 heterocycles. The van der Waals surface area contributed by atoms with E-state index in [-0.39, 0.29) is 0 Å². The average Bonchev–Trinajstić information content (AvgIpc) is 4.06. The van der Waals surface area contributed by atoms with Gasteiger partial charge in [-0.1, -0.05) is 170 Å². The highest BCUT2D eigenvalue weighted by atomic mass is 15.0. The fraction of sp³-hybridized carbons (Fsp3) is 0. The minimum atomic E-state index is 0.711. The molecule has 0 radical (unpaired) electrons. The Morgan fingerprint density at radius 2 is 0.536 bits per heavy atom. The summed E-state index contributed by atoms with van der Waals surface area (Å²) >= 11 is 0. The zero-order chi connectivity index (χ0) is 45.4. The number of para-hydroxylation sites is 4. The van der Waals surface area contributed by atoms with Crippen LogP contribution in [0.15, 0.2) is 249 Å². The van der Waals surface area contributed by atoms with Gasteiger partial charge in [-0.15, -0.1) is 0 Å². The van der Waals surface area contributed by atoms with Gasteiger partial charge in [-0.25, -0.2) is 9.97 Å². The maximum Gasteiger partial charge on any atom is 0.160 e. The monoisotopic (exact) mass is 879 g/mol. The molecule has 0 fully saturated rings. The topological polar surface area (TPSA) is 40.6 Å². The number of benzene rings is 10. The molecule has 14 rings (SSSR count). The van der Waals surface area contributed by atoms with Crippen LogP contribution >= 0.6 is 0 Å². The first-order valence-electron chi connectivity index (χ1n) is 23.5. The van der Waals surface area contributed by atoms with Crippen LogP contribution in [0.25, 0.3) is 128 Å². The lowest BCUT2D eigenvalue weighted by Gasteiger charge is -2.12. The average molecular weight is 880 g/mol. The van der Waals surface area contributed by atoms with Gasteiger partial charge in [0.15, 0.2) is 5.82 Å². The summed E-state index contributed by atoms with van der Waals surface area (Å²) in [7, 11) is 0. The third kappa shape index (κ3) is 6.32. The van der Waals surface area contributed by atoms with Crippen molar-refractivity contribution in [1.29, 1.82) is 0 Å². The van der Waals surface area contributed by atoms with Crippen LogP contribution in [0.3, 0.4) is 0 Å². The number of hydrogen-bond acceptors (Lipinski definition) is 2.